The summed E-state index contributed by atoms with van der Waals surface area (Å²) in [5.41, 5.74) is 1.22. The Bertz CT molecular complexity index is 347. The van der Waals surface area contributed by atoms with Crippen LogP contribution in [0.3, 0.4) is 0 Å². The Balaban J connectivity index is 0.000000520. The van der Waals surface area contributed by atoms with Crippen molar-refractivity contribution in [1.82, 2.24) is 0 Å². The number of morpholine rings is 1. The predicted octanol–water partition coefficient (Wildman–Crippen LogP) is 4.14. The Morgan fingerprint density at radius 2 is 1.85 bits per heavy atom. The van der Waals surface area contributed by atoms with Crippen LogP contribution in [0.25, 0.3) is 0 Å². The van der Waals surface area contributed by atoms with Crippen molar-refractivity contribution in [2.24, 2.45) is 0 Å². The number of benzene rings is 1. The molecule has 1 aromatic rings. The molecule has 1 saturated heterocycles. The van der Waals surface area contributed by atoms with Gasteiger partial charge in [0.05, 0.1) is 20.3 Å². The minimum atomic E-state index is 0.817. The van der Waals surface area contributed by atoms with Gasteiger partial charge in [-0.25, -0.2) is 0 Å². The fraction of sp³-hybridized carbons (Fsp3) is 0.529. The van der Waals surface area contributed by atoms with Crippen LogP contribution in [0.1, 0.15) is 27.2 Å². The molecule has 0 saturated carbocycles. The third-order valence-corrected chi connectivity index (χ3v) is 2.43. The highest BCUT2D eigenvalue weighted by atomic mass is 16.5. The molecule has 0 aromatic heterocycles. The molecule has 1 fully saturated rings. The van der Waals surface area contributed by atoms with E-state index in [1.54, 1.807) is 13.2 Å². The molecule has 1 aliphatic heterocycles. The van der Waals surface area contributed by atoms with Crippen molar-refractivity contribution in [3.63, 3.8) is 0 Å². The SMILES string of the molecule is C=CC.CCC.COc1cccc(N2CCOCC2)c1. The summed E-state index contributed by atoms with van der Waals surface area (Å²) in [4.78, 5) is 2.31. The van der Waals surface area contributed by atoms with Gasteiger partial charge < -0.3 is 14.4 Å². The fourth-order valence-corrected chi connectivity index (χ4v) is 1.63. The zero-order chi connectivity index (χ0) is 15.2. The lowest BCUT2D eigenvalue weighted by atomic mass is 10.2. The van der Waals surface area contributed by atoms with Crippen LogP contribution in [0.15, 0.2) is 36.9 Å². The van der Waals surface area contributed by atoms with Crippen molar-refractivity contribution < 1.29 is 9.47 Å². The maximum atomic E-state index is 5.30. The smallest absolute Gasteiger partial charge is 0.120 e. The largest absolute Gasteiger partial charge is 0.497 e. The summed E-state index contributed by atoms with van der Waals surface area (Å²) < 4.78 is 10.5. The summed E-state index contributed by atoms with van der Waals surface area (Å²) >= 11 is 0. The highest BCUT2D eigenvalue weighted by Gasteiger charge is 2.10. The second-order valence-corrected chi connectivity index (χ2v) is 4.42. The molecule has 3 nitrogen and oxygen atoms in total. The zero-order valence-corrected chi connectivity index (χ0v) is 13.4. The summed E-state index contributed by atoms with van der Waals surface area (Å²) in [6.45, 7) is 13.1. The molecule has 0 atom stereocenters. The number of ether oxygens (including phenoxy) is 2. The number of methoxy groups -OCH3 is 1. The van der Waals surface area contributed by atoms with Gasteiger partial charge in [0.25, 0.3) is 0 Å². The summed E-state index contributed by atoms with van der Waals surface area (Å²) in [7, 11) is 1.69. The molecule has 1 aromatic carbocycles. The molecule has 0 bridgehead atoms. The van der Waals surface area contributed by atoms with Crippen LogP contribution in [0.4, 0.5) is 5.69 Å². The summed E-state index contributed by atoms with van der Waals surface area (Å²) in [6, 6.07) is 8.15. The van der Waals surface area contributed by atoms with Crippen molar-refractivity contribution >= 4 is 5.69 Å². The van der Waals surface area contributed by atoms with Gasteiger partial charge in [0.2, 0.25) is 0 Å². The van der Waals surface area contributed by atoms with Gasteiger partial charge in [0, 0.05) is 24.8 Å². The summed E-state index contributed by atoms with van der Waals surface area (Å²) in [5.74, 6) is 0.911. The first-order valence-corrected chi connectivity index (χ1v) is 7.27. The van der Waals surface area contributed by atoms with E-state index in [9.17, 15) is 0 Å². The Morgan fingerprint density at radius 3 is 2.35 bits per heavy atom. The van der Waals surface area contributed by atoms with E-state index in [4.69, 9.17) is 9.47 Å². The highest BCUT2D eigenvalue weighted by molar-refractivity contribution is 5.50. The standard InChI is InChI=1S/C11H15NO2.C3H8.C3H6/c1-13-11-4-2-3-10(9-11)12-5-7-14-8-6-12;2*1-3-2/h2-4,9H,5-8H2,1H3;3H2,1-2H3;3H,1H2,2H3. The van der Waals surface area contributed by atoms with E-state index in [2.05, 4.69) is 37.5 Å². The van der Waals surface area contributed by atoms with E-state index in [1.807, 2.05) is 19.1 Å². The molecule has 0 radical (unpaired) electrons. The number of hydrogen-bond donors (Lipinski definition) is 0. The first-order valence-electron chi connectivity index (χ1n) is 7.27. The average molecular weight is 279 g/mol. The van der Waals surface area contributed by atoms with Gasteiger partial charge in [-0.3, -0.25) is 0 Å². The van der Waals surface area contributed by atoms with E-state index in [-0.39, 0.29) is 0 Å². The molecule has 1 aliphatic rings. The van der Waals surface area contributed by atoms with Crippen molar-refractivity contribution in [1.29, 1.82) is 0 Å². The maximum Gasteiger partial charge on any atom is 0.120 e. The van der Waals surface area contributed by atoms with E-state index >= 15 is 0 Å². The number of hydrogen-bond acceptors (Lipinski definition) is 3. The highest BCUT2D eigenvalue weighted by Crippen LogP contribution is 2.21. The van der Waals surface area contributed by atoms with Gasteiger partial charge in [-0.05, 0) is 19.1 Å². The molecule has 0 aliphatic carbocycles. The molecule has 3 heteroatoms. The van der Waals surface area contributed by atoms with Crippen molar-refractivity contribution in [2.45, 2.75) is 27.2 Å². The lowest BCUT2D eigenvalue weighted by Crippen LogP contribution is -2.36. The van der Waals surface area contributed by atoms with Crippen LogP contribution in [0.2, 0.25) is 0 Å². The third kappa shape index (κ3) is 7.85. The molecule has 20 heavy (non-hydrogen) atoms. The minimum absolute atomic E-state index is 0.817. The van der Waals surface area contributed by atoms with Crippen molar-refractivity contribution in [2.75, 3.05) is 38.3 Å². The van der Waals surface area contributed by atoms with Gasteiger partial charge in [0.1, 0.15) is 5.75 Å². The van der Waals surface area contributed by atoms with Crippen LogP contribution in [0, 0.1) is 0 Å². The van der Waals surface area contributed by atoms with Gasteiger partial charge in [-0.1, -0.05) is 32.4 Å². The molecule has 0 amide bonds. The Hall–Kier alpha value is -1.48. The molecule has 1 heterocycles. The number of allylic oxidation sites excluding steroid dienone is 1. The minimum Gasteiger partial charge on any atom is -0.497 e. The second kappa shape index (κ2) is 12.5. The van der Waals surface area contributed by atoms with Gasteiger partial charge in [0.15, 0.2) is 0 Å². The summed E-state index contributed by atoms with van der Waals surface area (Å²) in [6.07, 6.45) is 3.00. The Morgan fingerprint density at radius 1 is 1.30 bits per heavy atom. The first kappa shape index (κ1) is 18.5. The van der Waals surface area contributed by atoms with E-state index in [0.29, 0.717) is 0 Å². The number of nitrogens with zero attached hydrogens (tertiary/aromatic N) is 1. The monoisotopic (exact) mass is 279 g/mol. The molecule has 2 rings (SSSR count). The number of rotatable bonds is 2. The van der Waals surface area contributed by atoms with E-state index < -0.39 is 0 Å². The Labute approximate surface area is 124 Å². The third-order valence-electron chi connectivity index (χ3n) is 2.43. The van der Waals surface area contributed by atoms with Gasteiger partial charge >= 0.3 is 0 Å². The molecule has 0 N–H and O–H groups in total. The number of anilines is 1. The lowest BCUT2D eigenvalue weighted by molar-refractivity contribution is 0.122. The maximum absolute atomic E-state index is 5.30. The van der Waals surface area contributed by atoms with E-state index in [1.165, 1.54) is 12.1 Å². The van der Waals surface area contributed by atoms with Crippen LogP contribution < -0.4 is 9.64 Å². The Kier molecular flexibility index (Phi) is 11.6. The average Bonchev–Trinajstić information content (AvgIpc) is 2.50. The van der Waals surface area contributed by atoms with Crippen molar-refractivity contribution in [3.8, 4) is 5.75 Å². The molecular formula is C17H29NO2. The van der Waals surface area contributed by atoms with Gasteiger partial charge in [-0.2, -0.15) is 0 Å². The van der Waals surface area contributed by atoms with E-state index in [0.717, 1.165) is 32.1 Å². The van der Waals surface area contributed by atoms with Crippen LogP contribution >= 0.6 is 0 Å². The molecule has 114 valence electrons. The van der Waals surface area contributed by atoms with Gasteiger partial charge in [-0.15, -0.1) is 6.58 Å². The predicted molar refractivity (Wildman–Crippen MR) is 87.9 cm³/mol. The van der Waals surface area contributed by atoms with Crippen LogP contribution in [-0.4, -0.2) is 33.4 Å². The summed E-state index contributed by atoms with van der Waals surface area (Å²) in [5, 5.41) is 0. The van der Waals surface area contributed by atoms with Crippen LogP contribution in [0.5, 0.6) is 5.75 Å². The molecule has 0 spiro atoms. The molecule has 0 unspecified atom stereocenters. The molecular weight excluding hydrogens is 250 g/mol. The lowest BCUT2D eigenvalue weighted by Gasteiger charge is -2.28. The zero-order valence-electron chi connectivity index (χ0n) is 13.4. The second-order valence-electron chi connectivity index (χ2n) is 4.42. The first-order chi connectivity index (χ1) is 9.73. The van der Waals surface area contributed by atoms with Crippen molar-refractivity contribution in [3.05, 3.63) is 36.9 Å². The van der Waals surface area contributed by atoms with Crippen LogP contribution in [-0.2, 0) is 4.74 Å². The fourth-order valence-electron chi connectivity index (χ4n) is 1.63. The topological polar surface area (TPSA) is 21.7 Å². The quantitative estimate of drug-likeness (QED) is 0.759. The normalized spacial score (nSPS) is 13.3.